The maximum Gasteiger partial charge on any atom is 0.117 e. The minimum atomic E-state index is -0.556. The Hall–Kier alpha value is -0.500. The van der Waals surface area contributed by atoms with Gasteiger partial charge in [0, 0.05) is 0 Å². The predicted octanol–water partition coefficient (Wildman–Crippen LogP) is 4.14. The summed E-state index contributed by atoms with van der Waals surface area (Å²) < 4.78 is 5.69. The van der Waals surface area contributed by atoms with E-state index >= 15 is 0 Å². The van der Waals surface area contributed by atoms with Crippen LogP contribution >= 0.6 is 0 Å². The molecule has 1 rings (SSSR count). The molecule has 2 heteroatoms. The molecule has 0 saturated heterocycles. The molecule has 0 amide bonds. The van der Waals surface area contributed by atoms with Crippen LogP contribution in [0, 0.1) is 11.8 Å². The Morgan fingerprint density at radius 2 is 1.88 bits per heavy atom. The molecule has 0 aliphatic heterocycles. The first kappa shape index (κ1) is 16.5. The lowest BCUT2D eigenvalue weighted by molar-refractivity contribution is -0.00219. The van der Waals surface area contributed by atoms with Gasteiger partial charge in [0.25, 0.3) is 0 Å². The first-order valence-electron chi connectivity index (χ1n) is 6.95. The zero-order valence-corrected chi connectivity index (χ0v) is 12.2. The first-order chi connectivity index (χ1) is 7.92. The molecule has 0 aromatic heterocycles. The SMILES string of the molecule is C=C(OC1CC(C)CCC1C)[C@H](C)O.CCC. The maximum atomic E-state index is 9.28. The fourth-order valence-corrected chi connectivity index (χ4v) is 1.94. The van der Waals surface area contributed by atoms with Crippen LogP contribution in [0.25, 0.3) is 0 Å². The summed E-state index contributed by atoms with van der Waals surface area (Å²) in [6.07, 6.45) is 4.55. The second-order valence-corrected chi connectivity index (χ2v) is 5.40. The van der Waals surface area contributed by atoms with Crippen molar-refractivity contribution >= 4 is 0 Å². The molecule has 4 atom stereocenters. The molecule has 1 fully saturated rings. The molecule has 102 valence electrons. The largest absolute Gasteiger partial charge is 0.492 e. The standard InChI is InChI=1S/C12H22O2.C3H8/c1-8-5-6-9(2)12(7-8)14-11(4)10(3)13;1-3-2/h8-10,12-13H,4-7H2,1-3H3;3H2,1-2H3/t8?,9?,10-,12?;/m0./s1. The smallest absolute Gasteiger partial charge is 0.117 e. The van der Waals surface area contributed by atoms with Crippen molar-refractivity contribution in [2.45, 2.75) is 72.5 Å². The van der Waals surface area contributed by atoms with Crippen molar-refractivity contribution in [1.82, 2.24) is 0 Å². The van der Waals surface area contributed by atoms with Crippen molar-refractivity contribution in [2.24, 2.45) is 11.8 Å². The van der Waals surface area contributed by atoms with E-state index in [9.17, 15) is 5.11 Å². The third kappa shape index (κ3) is 6.72. The minimum absolute atomic E-state index is 0.251. The highest BCUT2D eigenvalue weighted by Crippen LogP contribution is 2.31. The molecule has 2 nitrogen and oxygen atoms in total. The third-order valence-corrected chi connectivity index (χ3v) is 3.15. The summed E-state index contributed by atoms with van der Waals surface area (Å²) in [7, 11) is 0. The summed E-state index contributed by atoms with van der Waals surface area (Å²) in [6.45, 7) is 14.2. The Morgan fingerprint density at radius 1 is 1.35 bits per heavy atom. The van der Waals surface area contributed by atoms with Crippen molar-refractivity contribution in [1.29, 1.82) is 0 Å². The number of hydrogen-bond acceptors (Lipinski definition) is 2. The number of aliphatic hydroxyl groups excluding tert-OH is 1. The number of rotatable bonds is 3. The van der Waals surface area contributed by atoms with E-state index in [0.29, 0.717) is 11.7 Å². The van der Waals surface area contributed by atoms with E-state index in [-0.39, 0.29) is 6.10 Å². The molecule has 0 aromatic carbocycles. The van der Waals surface area contributed by atoms with Crippen LogP contribution < -0.4 is 0 Å². The Morgan fingerprint density at radius 3 is 2.35 bits per heavy atom. The van der Waals surface area contributed by atoms with E-state index in [1.165, 1.54) is 19.3 Å². The molecule has 0 heterocycles. The van der Waals surface area contributed by atoms with Crippen LogP contribution in [0.5, 0.6) is 0 Å². The molecule has 3 unspecified atom stereocenters. The second-order valence-electron chi connectivity index (χ2n) is 5.40. The lowest BCUT2D eigenvalue weighted by atomic mass is 9.81. The van der Waals surface area contributed by atoms with Gasteiger partial charge in [-0.25, -0.2) is 0 Å². The monoisotopic (exact) mass is 242 g/mol. The van der Waals surface area contributed by atoms with Crippen molar-refractivity contribution in [3.05, 3.63) is 12.3 Å². The van der Waals surface area contributed by atoms with E-state index in [2.05, 4.69) is 34.3 Å². The molecule has 1 aliphatic rings. The van der Waals surface area contributed by atoms with Gasteiger partial charge in [0.05, 0.1) is 0 Å². The molecule has 1 saturated carbocycles. The Balaban J connectivity index is 0.000000770. The Labute approximate surface area is 107 Å². The van der Waals surface area contributed by atoms with Gasteiger partial charge >= 0.3 is 0 Å². The molecule has 0 radical (unpaired) electrons. The van der Waals surface area contributed by atoms with Gasteiger partial charge in [0.2, 0.25) is 0 Å². The van der Waals surface area contributed by atoms with Gasteiger partial charge in [-0.05, 0) is 31.6 Å². The van der Waals surface area contributed by atoms with Crippen LogP contribution in [0.4, 0.5) is 0 Å². The molecule has 1 aliphatic carbocycles. The van der Waals surface area contributed by atoms with Crippen molar-refractivity contribution < 1.29 is 9.84 Å². The maximum absolute atomic E-state index is 9.28. The molecule has 0 bridgehead atoms. The van der Waals surface area contributed by atoms with E-state index in [1.54, 1.807) is 6.92 Å². The van der Waals surface area contributed by atoms with Gasteiger partial charge in [0.15, 0.2) is 0 Å². The van der Waals surface area contributed by atoms with Crippen molar-refractivity contribution in [3.8, 4) is 0 Å². The fraction of sp³-hybridized carbons (Fsp3) is 0.867. The van der Waals surface area contributed by atoms with Gasteiger partial charge in [-0.2, -0.15) is 0 Å². The molecular formula is C15H30O2. The molecular weight excluding hydrogens is 212 g/mol. The highest BCUT2D eigenvalue weighted by molar-refractivity contribution is 4.92. The van der Waals surface area contributed by atoms with Gasteiger partial charge in [0.1, 0.15) is 18.0 Å². The average molecular weight is 242 g/mol. The highest BCUT2D eigenvalue weighted by Gasteiger charge is 2.27. The summed E-state index contributed by atoms with van der Waals surface area (Å²) in [5, 5.41) is 9.28. The summed E-state index contributed by atoms with van der Waals surface area (Å²) in [6, 6.07) is 0. The van der Waals surface area contributed by atoms with E-state index in [4.69, 9.17) is 4.74 Å². The zero-order valence-electron chi connectivity index (χ0n) is 12.2. The minimum Gasteiger partial charge on any atom is -0.492 e. The third-order valence-electron chi connectivity index (χ3n) is 3.15. The molecule has 0 spiro atoms. The molecule has 1 N–H and O–H groups in total. The number of hydrogen-bond donors (Lipinski definition) is 1. The van der Waals surface area contributed by atoms with Crippen LogP contribution in [-0.4, -0.2) is 17.3 Å². The first-order valence-corrected chi connectivity index (χ1v) is 6.95. The van der Waals surface area contributed by atoms with Crippen molar-refractivity contribution in [3.63, 3.8) is 0 Å². The predicted molar refractivity (Wildman–Crippen MR) is 73.8 cm³/mol. The second kappa shape index (κ2) is 8.57. The van der Waals surface area contributed by atoms with Gasteiger partial charge in [-0.15, -0.1) is 0 Å². The van der Waals surface area contributed by atoms with Crippen LogP contribution in [0.15, 0.2) is 12.3 Å². The average Bonchev–Trinajstić information content (AvgIpc) is 2.24. The fourth-order valence-electron chi connectivity index (χ4n) is 1.94. The van der Waals surface area contributed by atoms with Gasteiger partial charge < -0.3 is 9.84 Å². The number of ether oxygens (including phenoxy) is 1. The highest BCUT2D eigenvalue weighted by atomic mass is 16.5. The zero-order chi connectivity index (χ0) is 13.4. The quantitative estimate of drug-likeness (QED) is 0.754. The lowest BCUT2D eigenvalue weighted by Crippen LogP contribution is -2.30. The normalized spacial score (nSPS) is 29.9. The van der Waals surface area contributed by atoms with Crippen molar-refractivity contribution in [2.75, 3.05) is 0 Å². The van der Waals surface area contributed by atoms with E-state index in [1.807, 2.05) is 0 Å². The van der Waals surface area contributed by atoms with Gasteiger partial charge in [-0.3, -0.25) is 0 Å². The van der Waals surface area contributed by atoms with E-state index in [0.717, 1.165) is 12.3 Å². The van der Waals surface area contributed by atoms with Crippen LogP contribution in [-0.2, 0) is 4.74 Å². The Bertz CT molecular complexity index is 211. The summed E-state index contributed by atoms with van der Waals surface area (Å²) in [5.41, 5.74) is 0. The van der Waals surface area contributed by atoms with Crippen LogP contribution in [0.3, 0.4) is 0 Å². The summed E-state index contributed by atoms with van der Waals surface area (Å²) in [4.78, 5) is 0. The number of aliphatic hydroxyl groups is 1. The summed E-state index contributed by atoms with van der Waals surface area (Å²) in [5.74, 6) is 1.83. The van der Waals surface area contributed by atoms with E-state index < -0.39 is 6.10 Å². The lowest BCUT2D eigenvalue weighted by Gasteiger charge is -2.33. The van der Waals surface area contributed by atoms with Crippen LogP contribution in [0.2, 0.25) is 0 Å². The molecule has 0 aromatic rings. The van der Waals surface area contributed by atoms with Gasteiger partial charge in [-0.1, -0.05) is 47.1 Å². The Kier molecular flexibility index (Phi) is 8.32. The van der Waals surface area contributed by atoms with Crippen LogP contribution in [0.1, 0.15) is 60.3 Å². The molecule has 17 heavy (non-hydrogen) atoms. The topological polar surface area (TPSA) is 29.5 Å². The summed E-state index contributed by atoms with van der Waals surface area (Å²) >= 11 is 0.